The van der Waals surface area contributed by atoms with Gasteiger partial charge in [0.15, 0.2) is 0 Å². The van der Waals surface area contributed by atoms with Gasteiger partial charge in [-0.2, -0.15) is 15.0 Å². The topological polar surface area (TPSA) is 66.8 Å². The lowest BCUT2D eigenvalue weighted by Gasteiger charge is -2.26. The van der Waals surface area contributed by atoms with Crippen molar-refractivity contribution < 1.29 is 0 Å². The largest absolute Gasteiger partial charge is 0.357 e. The summed E-state index contributed by atoms with van der Waals surface area (Å²) >= 11 is 1.63. The van der Waals surface area contributed by atoms with Gasteiger partial charge in [0.25, 0.3) is 0 Å². The van der Waals surface area contributed by atoms with Crippen LogP contribution in [0.5, 0.6) is 0 Å². The monoisotopic (exact) mass is 290 g/mol. The minimum atomic E-state index is 0.632. The van der Waals surface area contributed by atoms with Crippen LogP contribution < -0.4 is 10.2 Å². The Balaban J connectivity index is 1.85. The number of nitrogens with zero attached hydrogens (tertiary/aromatic N) is 5. The van der Waals surface area contributed by atoms with E-state index in [-0.39, 0.29) is 0 Å². The third-order valence-corrected chi connectivity index (χ3v) is 4.10. The van der Waals surface area contributed by atoms with E-state index in [1.165, 1.54) is 19.3 Å². The molecule has 0 aliphatic carbocycles. The lowest BCUT2D eigenvalue weighted by molar-refractivity contribution is 0.566. The van der Waals surface area contributed by atoms with E-state index in [1.807, 2.05) is 18.6 Å². The third-order valence-electron chi connectivity index (χ3n) is 3.33. The van der Waals surface area contributed by atoms with Crippen molar-refractivity contribution in [1.29, 1.82) is 0 Å². The van der Waals surface area contributed by atoms with Crippen LogP contribution in [0, 0.1) is 0 Å². The van der Waals surface area contributed by atoms with Crippen molar-refractivity contribution in [2.24, 2.45) is 0 Å². The second-order valence-corrected chi connectivity index (χ2v) is 5.75. The lowest BCUT2D eigenvalue weighted by Crippen LogP contribution is -2.31. The molecule has 1 fully saturated rings. The van der Waals surface area contributed by atoms with E-state index in [4.69, 9.17) is 0 Å². The first kappa shape index (κ1) is 13.2. The first-order valence-electron chi connectivity index (χ1n) is 6.91. The van der Waals surface area contributed by atoms with Crippen LogP contribution in [-0.4, -0.2) is 40.1 Å². The van der Waals surface area contributed by atoms with Crippen molar-refractivity contribution in [2.75, 3.05) is 30.4 Å². The molecule has 0 radical (unpaired) electrons. The fraction of sp³-hybridized carbons (Fsp3) is 0.538. The highest BCUT2D eigenvalue weighted by Crippen LogP contribution is 2.18. The van der Waals surface area contributed by atoms with Crippen LogP contribution in [0.2, 0.25) is 0 Å². The number of piperidine rings is 1. The average Bonchev–Trinajstić information content (AvgIpc) is 3.00. The maximum atomic E-state index is 4.61. The van der Waals surface area contributed by atoms with E-state index in [9.17, 15) is 0 Å². The van der Waals surface area contributed by atoms with Crippen molar-refractivity contribution >= 4 is 23.2 Å². The van der Waals surface area contributed by atoms with Gasteiger partial charge in [-0.05, 0) is 19.3 Å². The molecule has 2 aromatic heterocycles. The van der Waals surface area contributed by atoms with E-state index >= 15 is 0 Å². The maximum Gasteiger partial charge on any atom is 0.230 e. The first-order valence-corrected chi connectivity index (χ1v) is 7.79. The Hall–Kier alpha value is -1.76. The van der Waals surface area contributed by atoms with Gasteiger partial charge in [0.05, 0.1) is 6.42 Å². The van der Waals surface area contributed by atoms with Crippen LogP contribution in [0.4, 0.5) is 11.9 Å². The molecule has 20 heavy (non-hydrogen) atoms. The smallest absolute Gasteiger partial charge is 0.230 e. The minimum Gasteiger partial charge on any atom is -0.357 e. The molecular weight excluding hydrogens is 272 g/mol. The van der Waals surface area contributed by atoms with Crippen LogP contribution in [0.1, 0.15) is 30.1 Å². The number of hydrogen-bond donors (Lipinski definition) is 1. The lowest BCUT2D eigenvalue weighted by atomic mass is 10.1. The molecule has 0 atom stereocenters. The summed E-state index contributed by atoms with van der Waals surface area (Å²) in [6.07, 6.45) is 6.19. The Morgan fingerprint density at radius 2 is 2.05 bits per heavy atom. The first-order chi connectivity index (χ1) is 9.85. The van der Waals surface area contributed by atoms with Gasteiger partial charge in [-0.25, -0.2) is 4.98 Å². The molecule has 0 unspecified atom stereocenters. The molecule has 2 aromatic rings. The number of nitrogens with one attached hydrogen (secondary N) is 1. The molecule has 3 heterocycles. The Morgan fingerprint density at radius 1 is 1.20 bits per heavy atom. The standard InChI is InChI=1S/C13H18N6S/c1-14-12-16-10(9-11-15-5-8-20-11)17-13(18-12)19-6-3-2-4-7-19/h5,8H,2-4,6-7,9H2,1H3,(H,14,16,17,18). The summed E-state index contributed by atoms with van der Waals surface area (Å²) in [7, 11) is 1.84. The maximum absolute atomic E-state index is 4.61. The predicted molar refractivity (Wildman–Crippen MR) is 80.4 cm³/mol. The summed E-state index contributed by atoms with van der Waals surface area (Å²) in [5.74, 6) is 2.20. The zero-order valence-corrected chi connectivity index (χ0v) is 12.4. The fourth-order valence-electron chi connectivity index (χ4n) is 2.31. The summed E-state index contributed by atoms with van der Waals surface area (Å²) in [5, 5.41) is 6.02. The van der Waals surface area contributed by atoms with Crippen LogP contribution in [0.25, 0.3) is 0 Å². The quantitative estimate of drug-likeness (QED) is 0.928. The van der Waals surface area contributed by atoms with Gasteiger partial charge >= 0.3 is 0 Å². The molecule has 1 aliphatic rings. The van der Waals surface area contributed by atoms with Crippen molar-refractivity contribution in [3.63, 3.8) is 0 Å². The van der Waals surface area contributed by atoms with E-state index in [2.05, 4.69) is 30.2 Å². The fourth-order valence-corrected chi connectivity index (χ4v) is 2.92. The Labute approximate surface area is 122 Å². The van der Waals surface area contributed by atoms with Gasteiger partial charge in [-0.15, -0.1) is 11.3 Å². The minimum absolute atomic E-state index is 0.632. The molecule has 1 saturated heterocycles. The summed E-state index contributed by atoms with van der Waals surface area (Å²) in [5.41, 5.74) is 0. The second kappa shape index (κ2) is 6.13. The molecule has 7 heteroatoms. The number of aromatic nitrogens is 4. The van der Waals surface area contributed by atoms with Gasteiger partial charge in [-0.1, -0.05) is 0 Å². The number of thiazole rings is 1. The molecule has 106 valence electrons. The van der Waals surface area contributed by atoms with E-state index in [0.29, 0.717) is 12.4 Å². The van der Waals surface area contributed by atoms with Gasteiger partial charge in [0, 0.05) is 31.7 Å². The summed E-state index contributed by atoms with van der Waals surface area (Å²) in [4.78, 5) is 20.1. The molecule has 6 nitrogen and oxygen atoms in total. The normalized spacial score (nSPS) is 15.3. The molecule has 1 aliphatic heterocycles. The SMILES string of the molecule is CNc1nc(Cc2nccs2)nc(N2CCCCC2)n1. The van der Waals surface area contributed by atoms with Gasteiger partial charge in [0.1, 0.15) is 10.8 Å². The van der Waals surface area contributed by atoms with Crippen molar-refractivity contribution in [2.45, 2.75) is 25.7 Å². The molecular formula is C13H18N6S. The molecule has 3 rings (SSSR count). The van der Waals surface area contributed by atoms with E-state index in [1.54, 1.807) is 11.3 Å². The molecule has 1 N–H and O–H groups in total. The predicted octanol–water partition coefficient (Wildman–Crippen LogP) is 1.95. The highest BCUT2D eigenvalue weighted by atomic mass is 32.1. The van der Waals surface area contributed by atoms with Crippen LogP contribution in [-0.2, 0) is 6.42 Å². The Kier molecular flexibility index (Phi) is 4.05. The molecule has 0 aromatic carbocycles. The summed E-state index contributed by atoms with van der Waals surface area (Å²) < 4.78 is 0. The van der Waals surface area contributed by atoms with Crippen LogP contribution >= 0.6 is 11.3 Å². The molecule has 0 spiro atoms. The zero-order valence-electron chi connectivity index (χ0n) is 11.5. The van der Waals surface area contributed by atoms with Crippen LogP contribution in [0.15, 0.2) is 11.6 Å². The average molecular weight is 290 g/mol. The number of hydrogen-bond acceptors (Lipinski definition) is 7. The highest BCUT2D eigenvalue weighted by molar-refractivity contribution is 7.09. The van der Waals surface area contributed by atoms with Crippen molar-refractivity contribution in [1.82, 2.24) is 19.9 Å². The molecule has 0 saturated carbocycles. The zero-order chi connectivity index (χ0) is 13.8. The molecule has 0 bridgehead atoms. The van der Waals surface area contributed by atoms with Crippen LogP contribution in [0.3, 0.4) is 0 Å². The van der Waals surface area contributed by atoms with Gasteiger partial charge < -0.3 is 10.2 Å². The van der Waals surface area contributed by atoms with Gasteiger partial charge in [0.2, 0.25) is 11.9 Å². The number of rotatable bonds is 4. The summed E-state index contributed by atoms with van der Waals surface area (Å²) in [6, 6.07) is 0. The van der Waals surface area contributed by atoms with Crippen molar-refractivity contribution in [3.8, 4) is 0 Å². The third kappa shape index (κ3) is 3.04. The van der Waals surface area contributed by atoms with Gasteiger partial charge in [-0.3, -0.25) is 0 Å². The second-order valence-electron chi connectivity index (χ2n) is 4.78. The number of anilines is 2. The summed E-state index contributed by atoms with van der Waals surface area (Å²) in [6.45, 7) is 2.06. The molecule has 0 amide bonds. The highest BCUT2D eigenvalue weighted by Gasteiger charge is 2.16. The Morgan fingerprint density at radius 3 is 2.75 bits per heavy atom. The van der Waals surface area contributed by atoms with E-state index in [0.717, 1.165) is 29.9 Å². The van der Waals surface area contributed by atoms with Crippen molar-refractivity contribution in [3.05, 3.63) is 22.4 Å². The Bertz CT molecular complexity index is 550. The van der Waals surface area contributed by atoms with E-state index < -0.39 is 0 Å².